The van der Waals surface area contributed by atoms with Crippen LogP contribution >= 0.6 is 0 Å². The molecule has 1 unspecified atom stereocenters. The van der Waals surface area contributed by atoms with Gasteiger partial charge in [-0.05, 0) is 95.2 Å². The number of rotatable bonds is 11. The van der Waals surface area contributed by atoms with Crippen LogP contribution in [0.3, 0.4) is 0 Å². The summed E-state index contributed by atoms with van der Waals surface area (Å²) >= 11 is 0. The Bertz CT molecular complexity index is 2220. The van der Waals surface area contributed by atoms with Gasteiger partial charge in [0.15, 0.2) is 0 Å². The highest BCUT2D eigenvalue weighted by Crippen LogP contribution is 2.36. The second-order valence-corrected chi connectivity index (χ2v) is 16.0. The number of likely N-dealkylation sites (N-methyl/N-ethyl adjacent to an activating group) is 2. The highest BCUT2D eigenvalue weighted by molar-refractivity contribution is 5.95. The Balaban J connectivity index is 0.918. The van der Waals surface area contributed by atoms with Crippen molar-refractivity contribution in [3.05, 3.63) is 131 Å². The normalized spacial score (nSPS) is 20.5. The number of carbonyl (C=O) groups excluding carboxylic acids is 2. The van der Waals surface area contributed by atoms with E-state index in [4.69, 9.17) is 15.0 Å². The number of H-pyrrole nitrogens is 1. The van der Waals surface area contributed by atoms with E-state index >= 15 is 0 Å². The van der Waals surface area contributed by atoms with Crippen molar-refractivity contribution in [2.75, 3.05) is 47.8 Å². The summed E-state index contributed by atoms with van der Waals surface area (Å²) in [7, 11) is 7.85. The number of benzene rings is 3. The molecule has 11 nitrogen and oxygen atoms in total. The largest absolute Gasteiger partial charge is 0.363 e. The fourth-order valence-electron chi connectivity index (χ4n) is 8.94. The molecule has 3 aliphatic rings. The maximum atomic E-state index is 14.0. The number of hydrogen-bond acceptors (Lipinski definition) is 8. The Morgan fingerprint density at radius 3 is 1.93 bits per heavy atom. The van der Waals surface area contributed by atoms with Crippen LogP contribution in [0.5, 0.6) is 0 Å². The number of carbonyl (C=O) groups is 2. The fraction of sp³-hybridized carbons (Fsp3) is 0.370. The molecule has 294 valence electrons. The molecule has 3 aliphatic heterocycles. The van der Waals surface area contributed by atoms with Gasteiger partial charge in [0.05, 0.1) is 42.3 Å². The molecular formula is C46H53N9O2. The summed E-state index contributed by atoms with van der Waals surface area (Å²) in [5.41, 5.74) is 8.10. The van der Waals surface area contributed by atoms with Gasteiger partial charge < -0.3 is 20.1 Å². The zero-order valence-corrected chi connectivity index (χ0v) is 33.6. The minimum Gasteiger partial charge on any atom is -0.363 e. The summed E-state index contributed by atoms with van der Waals surface area (Å²) < 4.78 is 0. The van der Waals surface area contributed by atoms with E-state index in [0.717, 1.165) is 83.1 Å². The Kier molecular flexibility index (Phi) is 11.0. The van der Waals surface area contributed by atoms with E-state index in [2.05, 4.69) is 47.6 Å². The zero-order chi connectivity index (χ0) is 39.6. The van der Waals surface area contributed by atoms with E-state index < -0.39 is 0 Å². The van der Waals surface area contributed by atoms with E-state index in [-0.39, 0.29) is 42.0 Å². The van der Waals surface area contributed by atoms with Gasteiger partial charge in [-0.2, -0.15) is 0 Å². The Morgan fingerprint density at radius 2 is 1.35 bits per heavy atom. The van der Waals surface area contributed by atoms with Gasteiger partial charge in [-0.15, -0.1) is 0 Å². The van der Waals surface area contributed by atoms with Crippen LogP contribution < -0.4 is 5.32 Å². The number of nitrogens with zero attached hydrogens (tertiary/aromatic N) is 7. The van der Waals surface area contributed by atoms with Crippen LogP contribution in [0.25, 0.3) is 22.5 Å². The molecule has 3 aromatic carbocycles. The van der Waals surface area contributed by atoms with E-state index in [9.17, 15) is 9.59 Å². The third-order valence-corrected chi connectivity index (χ3v) is 11.8. The predicted octanol–water partition coefficient (Wildman–Crippen LogP) is 6.75. The summed E-state index contributed by atoms with van der Waals surface area (Å²) in [6.07, 6.45) is 7.42. The van der Waals surface area contributed by atoms with Crippen molar-refractivity contribution in [1.82, 2.24) is 39.9 Å². The standard InChI is InChI=1S/C46H53N9O2/c1-30-26-33(37-28-48-43(50-37)39-18-12-24-54(39)45(56)41(52(2)3)31-14-8-6-9-15-31)20-22-35(30)36-23-21-34(27-47-36)38-29-49-44(51-38)40-19-13-25-55(40)46(57)42(53(4)5)32-16-10-7-11-17-32/h6-11,14-17,20-23,26-27,29,37,39-42H,12-13,18-19,24-25,28H2,1-5H3,(H,48,50)(H,49,51)/t37?,39-,40-,41+,42+/m0/s1. The van der Waals surface area contributed by atoms with Crippen molar-refractivity contribution >= 4 is 17.6 Å². The average Bonchev–Trinajstić information content (AvgIpc) is 4.06. The van der Waals surface area contributed by atoms with Crippen LogP contribution in [0.15, 0.2) is 108 Å². The molecule has 0 saturated carbocycles. The summed E-state index contributed by atoms with van der Waals surface area (Å²) in [4.78, 5) is 54.0. The molecule has 5 atom stereocenters. The van der Waals surface area contributed by atoms with Crippen LogP contribution in [-0.4, -0.2) is 106 Å². The van der Waals surface area contributed by atoms with Crippen LogP contribution in [0.1, 0.15) is 77.9 Å². The Hall–Kier alpha value is -5.65. The van der Waals surface area contributed by atoms with Gasteiger partial charge in [-0.25, -0.2) is 4.98 Å². The van der Waals surface area contributed by atoms with Crippen molar-refractivity contribution < 1.29 is 9.59 Å². The van der Waals surface area contributed by atoms with Crippen molar-refractivity contribution in [3.8, 4) is 22.5 Å². The summed E-state index contributed by atoms with van der Waals surface area (Å²) in [6.45, 7) is 4.21. The van der Waals surface area contributed by atoms with Gasteiger partial charge in [0, 0.05) is 30.4 Å². The molecule has 5 aromatic rings. The topological polar surface area (TPSA) is 113 Å². The summed E-state index contributed by atoms with van der Waals surface area (Å²) in [6, 6.07) is 29.9. The molecule has 2 fully saturated rings. The van der Waals surface area contributed by atoms with Gasteiger partial charge in [-0.1, -0.05) is 78.9 Å². The SMILES string of the molecule is Cc1cc(C2CN=C([C@@H]3CCCN3C(=O)[C@@H](c3ccccc3)N(C)C)N2)ccc1-c1ccc(-c2cnc([C@@H]3CCCN3C(=O)[C@@H](c3ccccc3)N(C)C)[nH]2)cn1. The van der Waals surface area contributed by atoms with Gasteiger partial charge in [0.1, 0.15) is 23.7 Å². The molecule has 8 rings (SSSR count). The van der Waals surface area contributed by atoms with E-state index in [0.29, 0.717) is 13.1 Å². The molecule has 2 aromatic heterocycles. The van der Waals surface area contributed by atoms with Gasteiger partial charge in [-0.3, -0.25) is 29.4 Å². The highest BCUT2D eigenvalue weighted by Gasteiger charge is 2.40. The molecule has 2 N–H and O–H groups in total. The zero-order valence-electron chi connectivity index (χ0n) is 33.6. The average molecular weight is 764 g/mol. The number of hydrogen-bond donors (Lipinski definition) is 2. The minimum absolute atomic E-state index is 0.0441. The number of imidazole rings is 1. The monoisotopic (exact) mass is 763 g/mol. The van der Waals surface area contributed by atoms with Crippen LogP contribution in [0.4, 0.5) is 0 Å². The molecule has 5 heterocycles. The maximum absolute atomic E-state index is 14.0. The number of nitrogens with one attached hydrogen (secondary N) is 2. The van der Waals surface area contributed by atoms with E-state index in [1.807, 2.05) is 121 Å². The molecular weight excluding hydrogens is 711 g/mol. The lowest BCUT2D eigenvalue weighted by atomic mass is 9.98. The third kappa shape index (κ3) is 7.74. The van der Waals surface area contributed by atoms with Crippen molar-refractivity contribution in [3.63, 3.8) is 0 Å². The van der Waals surface area contributed by atoms with Gasteiger partial charge in [0.25, 0.3) is 0 Å². The van der Waals surface area contributed by atoms with Crippen LogP contribution in [0.2, 0.25) is 0 Å². The number of aromatic amines is 1. The second-order valence-electron chi connectivity index (χ2n) is 16.0. The van der Waals surface area contributed by atoms with Gasteiger partial charge >= 0.3 is 0 Å². The quantitative estimate of drug-likeness (QED) is 0.153. The third-order valence-electron chi connectivity index (χ3n) is 11.8. The van der Waals surface area contributed by atoms with E-state index in [1.54, 1.807) is 0 Å². The maximum Gasteiger partial charge on any atom is 0.245 e. The number of pyridine rings is 1. The molecule has 0 spiro atoms. The predicted molar refractivity (Wildman–Crippen MR) is 224 cm³/mol. The number of amidine groups is 1. The van der Waals surface area contributed by atoms with E-state index in [1.165, 1.54) is 5.56 Å². The Morgan fingerprint density at radius 1 is 0.737 bits per heavy atom. The molecule has 57 heavy (non-hydrogen) atoms. The Labute approximate surface area is 335 Å². The van der Waals surface area contributed by atoms with Crippen molar-refractivity contribution in [2.24, 2.45) is 4.99 Å². The molecule has 11 heteroatoms. The summed E-state index contributed by atoms with van der Waals surface area (Å²) in [5, 5.41) is 3.70. The molecule has 0 bridgehead atoms. The lowest BCUT2D eigenvalue weighted by molar-refractivity contribution is -0.137. The lowest BCUT2D eigenvalue weighted by Gasteiger charge is -2.32. The molecule has 2 saturated heterocycles. The number of amides is 2. The first-order valence-corrected chi connectivity index (χ1v) is 20.1. The summed E-state index contributed by atoms with van der Waals surface area (Å²) in [5.74, 6) is 1.94. The lowest BCUT2D eigenvalue weighted by Crippen LogP contribution is -2.48. The first kappa shape index (κ1) is 38.2. The fourth-order valence-corrected chi connectivity index (χ4v) is 8.94. The van der Waals surface area contributed by atoms with Crippen LogP contribution in [-0.2, 0) is 9.59 Å². The first-order chi connectivity index (χ1) is 27.7. The molecule has 0 radical (unpaired) electrons. The highest BCUT2D eigenvalue weighted by atomic mass is 16.2. The number of aryl methyl sites for hydroxylation is 1. The van der Waals surface area contributed by atoms with Gasteiger partial charge in [0.2, 0.25) is 11.8 Å². The van der Waals surface area contributed by atoms with Crippen molar-refractivity contribution in [1.29, 1.82) is 0 Å². The number of aromatic nitrogens is 3. The smallest absolute Gasteiger partial charge is 0.245 e. The van der Waals surface area contributed by atoms with Crippen LogP contribution in [0, 0.1) is 6.92 Å². The molecule has 0 aliphatic carbocycles. The van der Waals surface area contributed by atoms with Crippen molar-refractivity contribution in [2.45, 2.75) is 62.8 Å². The number of aliphatic imine (C=N–C) groups is 1. The number of likely N-dealkylation sites (tertiary alicyclic amines) is 2. The second kappa shape index (κ2) is 16.4. The first-order valence-electron chi connectivity index (χ1n) is 20.1. The minimum atomic E-state index is -0.350. The molecule has 2 amide bonds.